The van der Waals surface area contributed by atoms with Crippen molar-refractivity contribution in [2.75, 3.05) is 0 Å². The van der Waals surface area contributed by atoms with Crippen LogP contribution in [0.5, 0.6) is 0 Å². The van der Waals surface area contributed by atoms with E-state index in [1.807, 2.05) is 6.07 Å². The van der Waals surface area contributed by atoms with E-state index >= 15 is 0 Å². The number of hydrogen-bond donors (Lipinski definition) is 1. The molecule has 0 bridgehead atoms. The summed E-state index contributed by atoms with van der Waals surface area (Å²) in [5.74, 6) is -0.0862. The molecule has 1 N–H and O–H groups in total. The normalized spacial score (nSPS) is 18.4. The van der Waals surface area contributed by atoms with Crippen LogP contribution in [0.25, 0.3) is 0 Å². The van der Waals surface area contributed by atoms with Gasteiger partial charge in [-0.2, -0.15) is 0 Å². The standard InChI is InChI=1S/C12H15BrN2O/c1-12(6-2-3-7-12)15-11(16)10-9(13)5-4-8-14-10/h4-5,8H,2-3,6-7H2,1H3,(H,15,16). The maximum absolute atomic E-state index is 12.0. The monoisotopic (exact) mass is 282 g/mol. The van der Waals surface area contributed by atoms with E-state index in [0.717, 1.165) is 17.3 Å². The van der Waals surface area contributed by atoms with Crippen molar-refractivity contribution in [2.45, 2.75) is 38.1 Å². The van der Waals surface area contributed by atoms with E-state index in [9.17, 15) is 4.79 Å². The highest BCUT2D eigenvalue weighted by atomic mass is 79.9. The van der Waals surface area contributed by atoms with Crippen LogP contribution < -0.4 is 5.32 Å². The minimum atomic E-state index is -0.0862. The highest BCUT2D eigenvalue weighted by molar-refractivity contribution is 9.10. The van der Waals surface area contributed by atoms with Crippen LogP contribution in [0.1, 0.15) is 43.1 Å². The second-order valence-electron chi connectivity index (χ2n) is 4.56. The van der Waals surface area contributed by atoms with E-state index in [-0.39, 0.29) is 11.4 Å². The fourth-order valence-corrected chi connectivity index (χ4v) is 2.60. The SMILES string of the molecule is CC1(NC(=O)c2ncccc2Br)CCCC1. The molecule has 4 heteroatoms. The van der Waals surface area contributed by atoms with Gasteiger partial charge >= 0.3 is 0 Å². The van der Waals surface area contributed by atoms with Gasteiger partial charge in [-0.3, -0.25) is 4.79 Å². The quantitative estimate of drug-likeness (QED) is 0.906. The molecule has 1 heterocycles. The third kappa shape index (κ3) is 2.43. The Bertz CT molecular complexity index is 400. The second-order valence-corrected chi connectivity index (χ2v) is 5.41. The van der Waals surface area contributed by atoms with Crippen LogP contribution in [0, 0.1) is 0 Å². The van der Waals surface area contributed by atoms with Crippen LogP contribution in [-0.2, 0) is 0 Å². The number of rotatable bonds is 2. The van der Waals surface area contributed by atoms with Crippen LogP contribution >= 0.6 is 15.9 Å². The molecule has 0 aliphatic heterocycles. The lowest BCUT2D eigenvalue weighted by Gasteiger charge is -2.25. The van der Waals surface area contributed by atoms with Crippen molar-refractivity contribution in [3.8, 4) is 0 Å². The van der Waals surface area contributed by atoms with E-state index < -0.39 is 0 Å². The van der Waals surface area contributed by atoms with E-state index in [1.54, 1.807) is 12.3 Å². The number of halogens is 1. The van der Waals surface area contributed by atoms with Gasteiger partial charge in [0.1, 0.15) is 5.69 Å². The van der Waals surface area contributed by atoms with Crippen LogP contribution in [0.4, 0.5) is 0 Å². The Morgan fingerprint density at radius 3 is 2.81 bits per heavy atom. The summed E-state index contributed by atoms with van der Waals surface area (Å²) in [5, 5.41) is 3.08. The highest BCUT2D eigenvalue weighted by Gasteiger charge is 2.31. The zero-order valence-corrected chi connectivity index (χ0v) is 10.9. The van der Waals surface area contributed by atoms with Crippen molar-refractivity contribution in [1.82, 2.24) is 10.3 Å². The Kier molecular flexibility index (Phi) is 3.28. The average Bonchev–Trinajstić information content (AvgIpc) is 2.65. The van der Waals surface area contributed by atoms with E-state index in [4.69, 9.17) is 0 Å². The molecule has 1 aliphatic carbocycles. The van der Waals surface area contributed by atoms with Crippen LogP contribution in [0.3, 0.4) is 0 Å². The van der Waals surface area contributed by atoms with Gasteiger partial charge in [0, 0.05) is 16.2 Å². The molecule has 0 unspecified atom stereocenters. The van der Waals surface area contributed by atoms with Gasteiger partial charge in [0.25, 0.3) is 5.91 Å². The van der Waals surface area contributed by atoms with Crippen molar-refractivity contribution in [2.24, 2.45) is 0 Å². The number of amides is 1. The second kappa shape index (κ2) is 4.53. The van der Waals surface area contributed by atoms with Crippen molar-refractivity contribution >= 4 is 21.8 Å². The summed E-state index contributed by atoms with van der Waals surface area (Å²) < 4.78 is 0.745. The topological polar surface area (TPSA) is 42.0 Å². The summed E-state index contributed by atoms with van der Waals surface area (Å²) in [4.78, 5) is 16.1. The summed E-state index contributed by atoms with van der Waals surface area (Å²) in [6.45, 7) is 2.11. The lowest BCUT2D eigenvalue weighted by atomic mass is 10.0. The minimum absolute atomic E-state index is 0.0476. The van der Waals surface area contributed by atoms with Crippen LogP contribution in [-0.4, -0.2) is 16.4 Å². The molecule has 86 valence electrons. The third-order valence-corrected chi connectivity index (χ3v) is 3.74. The molecule has 1 aromatic heterocycles. The van der Waals surface area contributed by atoms with E-state index in [2.05, 4.69) is 33.2 Å². The first-order chi connectivity index (χ1) is 7.61. The molecule has 1 fully saturated rings. The van der Waals surface area contributed by atoms with Gasteiger partial charge in [-0.25, -0.2) is 4.98 Å². The highest BCUT2D eigenvalue weighted by Crippen LogP contribution is 2.29. The van der Waals surface area contributed by atoms with Gasteiger partial charge in [-0.15, -0.1) is 0 Å². The fraction of sp³-hybridized carbons (Fsp3) is 0.500. The summed E-state index contributed by atoms with van der Waals surface area (Å²) >= 11 is 3.34. The number of aromatic nitrogens is 1. The van der Waals surface area contributed by atoms with Crippen molar-refractivity contribution in [1.29, 1.82) is 0 Å². The molecule has 16 heavy (non-hydrogen) atoms. The number of carbonyl (C=O) groups is 1. The Morgan fingerprint density at radius 1 is 1.50 bits per heavy atom. The number of nitrogens with one attached hydrogen (secondary N) is 1. The maximum atomic E-state index is 12.0. The number of hydrogen-bond acceptors (Lipinski definition) is 2. The van der Waals surface area contributed by atoms with Crippen molar-refractivity contribution < 1.29 is 4.79 Å². The van der Waals surface area contributed by atoms with Gasteiger partial charge in [-0.1, -0.05) is 12.8 Å². The molecule has 0 aromatic carbocycles. The first kappa shape index (κ1) is 11.6. The summed E-state index contributed by atoms with van der Waals surface area (Å²) in [5.41, 5.74) is 0.421. The molecule has 0 radical (unpaired) electrons. The first-order valence-electron chi connectivity index (χ1n) is 5.54. The summed E-state index contributed by atoms with van der Waals surface area (Å²) in [6.07, 6.45) is 6.14. The molecule has 0 atom stereocenters. The van der Waals surface area contributed by atoms with Crippen molar-refractivity contribution in [3.05, 3.63) is 28.5 Å². The van der Waals surface area contributed by atoms with E-state index in [0.29, 0.717) is 5.69 Å². The van der Waals surface area contributed by atoms with Crippen molar-refractivity contribution in [3.63, 3.8) is 0 Å². The lowest BCUT2D eigenvalue weighted by Crippen LogP contribution is -2.44. The van der Waals surface area contributed by atoms with Crippen LogP contribution in [0.2, 0.25) is 0 Å². The predicted octanol–water partition coefficient (Wildman–Crippen LogP) is 2.91. The summed E-state index contributed by atoms with van der Waals surface area (Å²) in [6, 6.07) is 3.64. The molecule has 1 amide bonds. The first-order valence-corrected chi connectivity index (χ1v) is 6.33. The zero-order valence-electron chi connectivity index (χ0n) is 9.29. The van der Waals surface area contributed by atoms with Gasteiger partial charge in [-0.05, 0) is 47.8 Å². The predicted molar refractivity (Wildman–Crippen MR) is 66.3 cm³/mol. The molecule has 0 spiro atoms. The zero-order chi connectivity index (χ0) is 11.6. The smallest absolute Gasteiger partial charge is 0.271 e. The van der Waals surface area contributed by atoms with Gasteiger partial charge in [0.15, 0.2) is 0 Å². The van der Waals surface area contributed by atoms with Crippen LogP contribution in [0.15, 0.2) is 22.8 Å². The molecule has 1 saturated carbocycles. The number of pyridine rings is 1. The summed E-state index contributed by atoms with van der Waals surface area (Å²) in [7, 11) is 0. The minimum Gasteiger partial charge on any atom is -0.346 e. The molecule has 1 aliphatic rings. The Hall–Kier alpha value is -0.900. The lowest BCUT2D eigenvalue weighted by molar-refractivity contribution is 0.0902. The van der Waals surface area contributed by atoms with Gasteiger partial charge in [0.2, 0.25) is 0 Å². The largest absolute Gasteiger partial charge is 0.346 e. The molecule has 3 nitrogen and oxygen atoms in total. The fourth-order valence-electron chi connectivity index (χ4n) is 2.17. The van der Waals surface area contributed by atoms with Gasteiger partial charge < -0.3 is 5.32 Å². The Morgan fingerprint density at radius 2 is 2.19 bits per heavy atom. The Balaban J connectivity index is 2.11. The Labute approximate surface area is 104 Å². The van der Waals surface area contributed by atoms with Gasteiger partial charge in [0.05, 0.1) is 0 Å². The third-order valence-electron chi connectivity index (χ3n) is 3.10. The average molecular weight is 283 g/mol. The van der Waals surface area contributed by atoms with E-state index in [1.165, 1.54) is 12.8 Å². The number of nitrogens with zero attached hydrogens (tertiary/aromatic N) is 1. The molecular formula is C12H15BrN2O. The number of carbonyl (C=O) groups excluding carboxylic acids is 1. The molecule has 2 rings (SSSR count). The molecule has 1 aromatic rings. The maximum Gasteiger partial charge on any atom is 0.271 e. The molecular weight excluding hydrogens is 268 g/mol. The molecule has 0 saturated heterocycles.